The molecule has 1 saturated heterocycles. The molecule has 1 aliphatic heterocycles. The van der Waals surface area contributed by atoms with Gasteiger partial charge >= 0.3 is 13.7 Å². The lowest BCUT2D eigenvalue weighted by atomic mass is 9.96. The summed E-state index contributed by atoms with van der Waals surface area (Å²) >= 11 is 0. The van der Waals surface area contributed by atoms with Crippen LogP contribution in [0.5, 0.6) is 11.6 Å². The lowest BCUT2D eigenvalue weighted by Gasteiger charge is -2.29. The van der Waals surface area contributed by atoms with E-state index in [9.17, 15) is 19.6 Å². The lowest BCUT2D eigenvalue weighted by Crippen LogP contribution is -2.45. The maximum atomic E-state index is 14.8. The van der Waals surface area contributed by atoms with Crippen LogP contribution in [0, 0.1) is 18.3 Å². The second kappa shape index (κ2) is 13.8. The molecule has 0 radical (unpaired) electrons. The monoisotopic (exact) mass is 700 g/mol. The summed E-state index contributed by atoms with van der Waals surface area (Å²) in [5.41, 5.74) is 4.79. The summed E-state index contributed by atoms with van der Waals surface area (Å²) in [6.45, 7) is 12.1. The number of nitrogens with zero attached hydrogens (tertiary/aromatic N) is 4. The number of hydrogen-bond donors (Lipinski definition) is 4. The Hall–Kier alpha value is -3.85. The number of nitrogens with one attached hydrogen (secondary N) is 1. The number of fused-ring (bicyclic) bond motifs is 2. The van der Waals surface area contributed by atoms with Gasteiger partial charge in [-0.05, 0) is 36.1 Å². The first kappa shape index (κ1) is 36.4. The van der Waals surface area contributed by atoms with Crippen molar-refractivity contribution in [3.05, 3.63) is 48.3 Å². The number of nitrogen functional groups attached to an aromatic ring is 1. The van der Waals surface area contributed by atoms with Gasteiger partial charge in [0.2, 0.25) is 11.8 Å². The van der Waals surface area contributed by atoms with Crippen molar-refractivity contribution < 1.29 is 42.8 Å². The van der Waals surface area contributed by atoms with Gasteiger partial charge in [0.05, 0.1) is 26.7 Å². The number of anilines is 1. The molecule has 4 aromatic rings. The molecule has 6 atom stereocenters. The third-order valence-corrected chi connectivity index (χ3v) is 9.68. The summed E-state index contributed by atoms with van der Waals surface area (Å²) in [5, 5.41) is 27.1. The molecule has 0 aliphatic carbocycles. The molecule has 2 aromatic carbocycles. The number of imidazole rings is 1. The molecule has 15 nitrogen and oxygen atoms in total. The highest BCUT2D eigenvalue weighted by Crippen LogP contribution is 2.50. The average molecular weight is 701 g/mol. The predicted molar refractivity (Wildman–Crippen MR) is 182 cm³/mol. The molecular formula is C33H45N6O9P. The van der Waals surface area contributed by atoms with Crippen molar-refractivity contribution in [2.75, 3.05) is 26.1 Å². The average Bonchev–Trinajstić information content (AvgIpc) is 3.55. The maximum absolute atomic E-state index is 14.8. The van der Waals surface area contributed by atoms with Gasteiger partial charge in [0, 0.05) is 5.39 Å². The predicted octanol–water partition coefficient (Wildman–Crippen LogP) is 4.30. The topological polar surface area (TPSA) is 202 Å². The Morgan fingerprint density at radius 1 is 1.20 bits per heavy atom. The molecule has 5 N–H and O–H groups in total. The van der Waals surface area contributed by atoms with Crippen LogP contribution in [0.2, 0.25) is 0 Å². The van der Waals surface area contributed by atoms with Gasteiger partial charge in [-0.1, -0.05) is 71.0 Å². The van der Waals surface area contributed by atoms with Gasteiger partial charge in [-0.2, -0.15) is 15.1 Å². The van der Waals surface area contributed by atoms with Gasteiger partial charge in [0.1, 0.15) is 29.6 Å². The van der Waals surface area contributed by atoms with Gasteiger partial charge in [0.25, 0.3) is 0 Å². The fourth-order valence-corrected chi connectivity index (χ4v) is 7.23. The minimum absolute atomic E-state index is 0.0993. The molecular weight excluding hydrogens is 655 g/mol. The molecule has 1 aliphatic rings. The summed E-state index contributed by atoms with van der Waals surface area (Å²) in [6.07, 6.45) is -2.65. The SMILES string of the molecule is COc1nc(N)nc2c1ncn2C1O[C@H](COP(=O)(N[C@H](C(=O)OCC(C)(C)C)C(C)C)Oc2c(C)ccc3ccccc23)[C@@H](O)[C@@]1(C)O. The van der Waals surface area contributed by atoms with Gasteiger partial charge in [0.15, 0.2) is 17.4 Å². The van der Waals surface area contributed by atoms with Crippen molar-refractivity contribution in [1.82, 2.24) is 24.6 Å². The first-order valence-corrected chi connectivity index (χ1v) is 17.5. The Bertz CT molecular complexity index is 1870. The normalized spacial score (nSPS) is 23.1. The Morgan fingerprint density at radius 2 is 1.92 bits per heavy atom. The van der Waals surface area contributed by atoms with Gasteiger partial charge in [-0.15, -0.1) is 0 Å². The van der Waals surface area contributed by atoms with Crippen molar-refractivity contribution in [3.8, 4) is 11.6 Å². The number of aryl methyl sites for hydroxylation is 1. The van der Waals surface area contributed by atoms with Gasteiger partial charge in [-0.3, -0.25) is 13.9 Å². The van der Waals surface area contributed by atoms with E-state index < -0.39 is 50.4 Å². The fraction of sp³-hybridized carbons (Fsp3) is 0.515. The smallest absolute Gasteiger partial charge is 0.459 e. The minimum Gasteiger partial charge on any atom is -0.479 e. The molecule has 1 fully saturated rings. The van der Waals surface area contributed by atoms with E-state index in [1.54, 1.807) is 20.8 Å². The van der Waals surface area contributed by atoms with E-state index in [0.29, 0.717) is 10.9 Å². The molecule has 2 aromatic heterocycles. The lowest BCUT2D eigenvalue weighted by molar-refractivity contribution is -0.149. The summed E-state index contributed by atoms with van der Waals surface area (Å²) in [5.74, 6) is -0.712. The van der Waals surface area contributed by atoms with Gasteiger partial charge in [-0.25, -0.2) is 9.55 Å². The molecule has 266 valence electrons. The first-order chi connectivity index (χ1) is 22.9. The highest BCUT2D eigenvalue weighted by Gasteiger charge is 2.54. The number of carbonyl (C=O) groups excluding carboxylic acids is 1. The van der Waals surface area contributed by atoms with E-state index >= 15 is 0 Å². The second-order valence-corrected chi connectivity index (χ2v) is 15.6. The molecule has 3 heterocycles. The first-order valence-electron chi connectivity index (χ1n) is 15.9. The van der Waals surface area contributed by atoms with E-state index in [-0.39, 0.29) is 46.7 Å². The van der Waals surface area contributed by atoms with Crippen LogP contribution >= 0.6 is 7.75 Å². The van der Waals surface area contributed by atoms with Crippen LogP contribution in [-0.4, -0.2) is 79.9 Å². The Balaban J connectivity index is 1.46. The van der Waals surface area contributed by atoms with Crippen molar-refractivity contribution >= 4 is 41.6 Å². The second-order valence-electron chi connectivity index (χ2n) is 13.9. The zero-order chi connectivity index (χ0) is 35.9. The zero-order valence-corrected chi connectivity index (χ0v) is 29.8. The summed E-state index contributed by atoms with van der Waals surface area (Å²) < 4.78 is 45.4. The van der Waals surface area contributed by atoms with Crippen LogP contribution in [-0.2, 0) is 23.4 Å². The van der Waals surface area contributed by atoms with E-state index in [1.165, 1.54) is 24.9 Å². The van der Waals surface area contributed by atoms with Gasteiger partial charge < -0.3 is 34.7 Å². The summed E-state index contributed by atoms with van der Waals surface area (Å²) in [6, 6.07) is 10.1. The number of aliphatic hydroxyl groups is 2. The maximum Gasteiger partial charge on any atom is 0.459 e. The Morgan fingerprint density at radius 3 is 2.59 bits per heavy atom. The van der Waals surface area contributed by atoms with Crippen molar-refractivity contribution in [2.45, 2.75) is 78.5 Å². The highest BCUT2D eigenvalue weighted by atomic mass is 31.2. The van der Waals surface area contributed by atoms with E-state index in [4.69, 9.17) is 29.0 Å². The number of ether oxygens (including phenoxy) is 3. The molecule has 0 bridgehead atoms. The largest absolute Gasteiger partial charge is 0.479 e. The number of esters is 1. The summed E-state index contributed by atoms with van der Waals surface area (Å²) in [4.78, 5) is 25.9. The minimum atomic E-state index is -4.45. The zero-order valence-electron chi connectivity index (χ0n) is 28.9. The number of hydrogen-bond acceptors (Lipinski definition) is 13. The molecule has 5 rings (SSSR count). The van der Waals surface area contributed by atoms with E-state index in [2.05, 4.69) is 20.0 Å². The standard InChI is InChI=1S/C33H45N6O9P/c1-18(2)23(29(41)45-16-32(4,5)6)38-49(43,48-25-19(3)13-14-20-11-9-10-12-21(20)25)46-15-22-26(40)33(7,42)30(47-22)39-17-35-24-27(39)36-31(34)37-28(24)44-8/h9-14,17-18,22-23,26,30,40,42H,15-16H2,1-8H3,(H,38,43)(H2,34,36,37)/t22-,23+,26-,30?,33-,49?/m1/s1. The van der Waals surface area contributed by atoms with Crippen LogP contribution in [0.4, 0.5) is 5.95 Å². The number of rotatable bonds is 12. The van der Waals surface area contributed by atoms with Crippen molar-refractivity contribution in [3.63, 3.8) is 0 Å². The van der Waals surface area contributed by atoms with Crippen LogP contribution < -0.4 is 20.1 Å². The van der Waals surface area contributed by atoms with Crippen LogP contribution in [0.1, 0.15) is 53.3 Å². The number of nitrogens with two attached hydrogens (primary N) is 1. The number of methoxy groups -OCH3 is 1. The van der Waals surface area contributed by atoms with Crippen molar-refractivity contribution in [2.24, 2.45) is 11.3 Å². The number of benzene rings is 2. The molecule has 0 saturated carbocycles. The van der Waals surface area contributed by atoms with Crippen molar-refractivity contribution in [1.29, 1.82) is 0 Å². The Kier molecular flexibility index (Phi) is 10.3. The molecule has 0 amide bonds. The van der Waals surface area contributed by atoms with E-state index in [0.717, 1.165) is 5.39 Å². The van der Waals surface area contributed by atoms with Crippen LogP contribution in [0.15, 0.2) is 42.7 Å². The molecule has 2 unspecified atom stereocenters. The Labute approximate surface area is 284 Å². The van der Waals surface area contributed by atoms with Crippen LogP contribution in [0.3, 0.4) is 0 Å². The number of aliphatic hydroxyl groups excluding tert-OH is 1. The third kappa shape index (κ3) is 7.67. The van der Waals surface area contributed by atoms with E-state index in [1.807, 2.05) is 57.2 Å². The highest BCUT2D eigenvalue weighted by molar-refractivity contribution is 7.52. The fourth-order valence-electron chi connectivity index (χ4n) is 5.47. The molecule has 49 heavy (non-hydrogen) atoms. The number of carbonyl (C=O) groups is 1. The quantitative estimate of drug-likeness (QED) is 0.120. The summed E-state index contributed by atoms with van der Waals surface area (Å²) in [7, 11) is -3.05. The number of aromatic nitrogens is 4. The molecule has 0 spiro atoms. The molecule has 16 heteroatoms. The third-order valence-electron chi connectivity index (χ3n) is 8.17. The van der Waals surface area contributed by atoms with Crippen LogP contribution in [0.25, 0.3) is 21.9 Å².